The van der Waals surface area contributed by atoms with Crippen molar-refractivity contribution in [3.8, 4) is 5.69 Å². The van der Waals surface area contributed by atoms with Crippen molar-refractivity contribution >= 4 is 11.6 Å². The summed E-state index contributed by atoms with van der Waals surface area (Å²) >= 11 is 5.86. The van der Waals surface area contributed by atoms with Crippen LogP contribution < -0.4 is 0 Å². The van der Waals surface area contributed by atoms with Crippen molar-refractivity contribution in [2.45, 2.75) is 25.4 Å². The van der Waals surface area contributed by atoms with Crippen LogP contribution in [0.25, 0.3) is 5.69 Å². The Morgan fingerprint density at radius 3 is 2.59 bits per heavy atom. The predicted molar refractivity (Wildman–Crippen MR) is 64.3 cm³/mol. The van der Waals surface area contributed by atoms with Crippen LogP contribution in [0, 0.1) is 0 Å². The molecule has 5 heteroatoms. The van der Waals surface area contributed by atoms with E-state index in [1.807, 2.05) is 24.3 Å². The standard InChI is InChI=1S/C12H12ClN3O/c13-9-3-5-10(6-4-9)16-12(8-1-2-8)11(7-17)14-15-16/h3-6,8,17H,1-2,7H2. The number of aliphatic hydroxyl groups excluding tert-OH is 1. The highest BCUT2D eigenvalue weighted by atomic mass is 35.5. The van der Waals surface area contributed by atoms with Crippen molar-refractivity contribution in [3.63, 3.8) is 0 Å². The molecule has 0 atom stereocenters. The summed E-state index contributed by atoms with van der Waals surface area (Å²) in [5.41, 5.74) is 2.65. The van der Waals surface area contributed by atoms with Gasteiger partial charge >= 0.3 is 0 Å². The molecule has 0 amide bonds. The van der Waals surface area contributed by atoms with Gasteiger partial charge in [-0.15, -0.1) is 5.10 Å². The average Bonchev–Trinajstić information content (AvgIpc) is 3.10. The largest absolute Gasteiger partial charge is 0.390 e. The molecule has 0 aliphatic heterocycles. The maximum atomic E-state index is 9.26. The molecule has 1 fully saturated rings. The Hall–Kier alpha value is -1.39. The van der Waals surface area contributed by atoms with Gasteiger partial charge < -0.3 is 5.11 Å². The van der Waals surface area contributed by atoms with Crippen LogP contribution in [0.1, 0.15) is 30.1 Å². The molecule has 1 aromatic carbocycles. The molecule has 2 aromatic rings. The molecule has 0 spiro atoms. The molecule has 1 N–H and O–H groups in total. The minimum absolute atomic E-state index is 0.0561. The molecular formula is C12H12ClN3O. The summed E-state index contributed by atoms with van der Waals surface area (Å²) in [5, 5.41) is 18.1. The second-order valence-electron chi connectivity index (χ2n) is 4.24. The van der Waals surface area contributed by atoms with Crippen LogP contribution in [0.5, 0.6) is 0 Å². The molecule has 88 valence electrons. The van der Waals surface area contributed by atoms with E-state index in [1.165, 1.54) is 0 Å². The summed E-state index contributed by atoms with van der Waals surface area (Å²) in [6, 6.07) is 7.47. The number of halogens is 1. The molecule has 4 nitrogen and oxygen atoms in total. The van der Waals surface area contributed by atoms with Gasteiger partial charge in [0.25, 0.3) is 0 Å². The first-order valence-electron chi connectivity index (χ1n) is 5.61. The van der Waals surface area contributed by atoms with Crippen molar-refractivity contribution in [1.29, 1.82) is 0 Å². The predicted octanol–water partition coefficient (Wildman–Crippen LogP) is 2.29. The van der Waals surface area contributed by atoms with Crippen LogP contribution in [-0.2, 0) is 6.61 Å². The van der Waals surface area contributed by atoms with Gasteiger partial charge in [-0.3, -0.25) is 0 Å². The molecule has 0 unspecified atom stereocenters. The van der Waals surface area contributed by atoms with Gasteiger partial charge in [0.2, 0.25) is 0 Å². The number of aromatic nitrogens is 3. The second kappa shape index (κ2) is 4.13. The van der Waals surface area contributed by atoms with Gasteiger partial charge in [-0.05, 0) is 37.1 Å². The zero-order valence-corrected chi connectivity index (χ0v) is 9.93. The molecule has 17 heavy (non-hydrogen) atoms. The minimum Gasteiger partial charge on any atom is -0.390 e. The first kappa shape index (κ1) is 10.7. The SMILES string of the molecule is OCc1nnn(-c2ccc(Cl)cc2)c1C1CC1. The van der Waals surface area contributed by atoms with E-state index < -0.39 is 0 Å². The van der Waals surface area contributed by atoms with E-state index in [2.05, 4.69) is 10.3 Å². The first-order valence-corrected chi connectivity index (χ1v) is 5.98. The van der Waals surface area contributed by atoms with Crippen LogP contribution in [0.3, 0.4) is 0 Å². The molecule has 0 saturated heterocycles. The van der Waals surface area contributed by atoms with Crippen molar-refractivity contribution < 1.29 is 5.11 Å². The monoisotopic (exact) mass is 249 g/mol. The van der Waals surface area contributed by atoms with Crippen LogP contribution in [-0.4, -0.2) is 20.1 Å². The molecule has 1 aliphatic rings. The van der Waals surface area contributed by atoms with E-state index in [0.717, 1.165) is 24.2 Å². The number of hydrogen-bond acceptors (Lipinski definition) is 3. The zero-order valence-electron chi connectivity index (χ0n) is 9.17. The summed E-state index contributed by atoms with van der Waals surface area (Å²) in [4.78, 5) is 0. The van der Waals surface area contributed by atoms with Crippen LogP contribution in [0.4, 0.5) is 0 Å². The number of aliphatic hydroxyl groups is 1. The van der Waals surface area contributed by atoms with Crippen molar-refractivity contribution in [3.05, 3.63) is 40.7 Å². The summed E-state index contributed by atoms with van der Waals surface area (Å²) in [5.74, 6) is 0.489. The van der Waals surface area contributed by atoms with Crippen molar-refractivity contribution in [2.75, 3.05) is 0 Å². The molecule has 3 rings (SSSR count). The first-order chi connectivity index (χ1) is 8.29. The Labute approximate surface area is 104 Å². The number of benzene rings is 1. The van der Waals surface area contributed by atoms with E-state index in [1.54, 1.807) is 4.68 Å². The van der Waals surface area contributed by atoms with Gasteiger partial charge in [-0.2, -0.15) is 0 Å². The normalized spacial score (nSPS) is 15.2. The topological polar surface area (TPSA) is 50.9 Å². The van der Waals surface area contributed by atoms with Crippen LogP contribution in [0.2, 0.25) is 5.02 Å². The van der Waals surface area contributed by atoms with E-state index in [9.17, 15) is 5.11 Å². The molecule has 1 aromatic heterocycles. The average molecular weight is 250 g/mol. The third-order valence-electron chi connectivity index (χ3n) is 2.96. The number of nitrogens with zero attached hydrogens (tertiary/aromatic N) is 3. The van der Waals surface area contributed by atoms with Gasteiger partial charge in [0.05, 0.1) is 18.0 Å². The smallest absolute Gasteiger partial charge is 0.112 e. The Bertz CT molecular complexity index is 531. The summed E-state index contributed by atoms with van der Waals surface area (Å²) in [7, 11) is 0. The fourth-order valence-corrected chi connectivity index (χ4v) is 2.10. The highest BCUT2D eigenvalue weighted by Gasteiger charge is 2.31. The maximum Gasteiger partial charge on any atom is 0.112 e. The number of hydrogen-bond donors (Lipinski definition) is 1. The summed E-state index contributed by atoms with van der Waals surface area (Å²) < 4.78 is 1.81. The van der Waals surface area contributed by atoms with E-state index in [4.69, 9.17) is 11.6 Å². The molecule has 1 aliphatic carbocycles. The van der Waals surface area contributed by atoms with E-state index in [0.29, 0.717) is 16.6 Å². The van der Waals surface area contributed by atoms with Gasteiger partial charge in [-0.25, -0.2) is 4.68 Å². The lowest BCUT2D eigenvalue weighted by Gasteiger charge is -2.06. The number of rotatable bonds is 3. The van der Waals surface area contributed by atoms with Gasteiger partial charge in [0.15, 0.2) is 0 Å². The molecule has 1 heterocycles. The zero-order chi connectivity index (χ0) is 11.8. The van der Waals surface area contributed by atoms with Crippen LogP contribution >= 0.6 is 11.6 Å². The lowest BCUT2D eigenvalue weighted by Crippen LogP contribution is -2.02. The van der Waals surface area contributed by atoms with Crippen molar-refractivity contribution in [2.24, 2.45) is 0 Å². The fraction of sp³-hybridized carbons (Fsp3) is 0.333. The third-order valence-corrected chi connectivity index (χ3v) is 3.22. The fourth-order valence-electron chi connectivity index (χ4n) is 1.97. The van der Waals surface area contributed by atoms with Crippen molar-refractivity contribution in [1.82, 2.24) is 15.0 Å². The molecular weight excluding hydrogens is 238 g/mol. The Morgan fingerprint density at radius 1 is 1.29 bits per heavy atom. The highest BCUT2D eigenvalue weighted by Crippen LogP contribution is 2.41. The maximum absolute atomic E-state index is 9.26. The molecule has 0 radical (unpaired) electrons. The minimum atomic E-state index is -0.0561. The summed E-state index contributed by atoms with van der Waals surface area (Å²) in [6.07, 6.45) is 2.29. The van der Waals surface area contributed by atoms with Gasteiger partial charge in [-0.1, -0.05) is 16.8 Å². The second-order valence-corrected chi connectivity index (χ2v) is 4.68. The Morgan fingerprint density at radius 2 is 2.00 bits per heavy atom. The molecule has 0 bridgehead atoms. The summed E-state index contributed by atoms with van der Waals surface area (Å²) in [6.45, 7) is -0.0561. The molecule has 1 saturated carbocycles. The van der Waals surface area contributed by atoms with Gasteiger partial charge in [0.1, 0.15) is 5.69 Å². The quantitative estimate of drug-likeness (QED) is 0.908. The Balaban J connectivity index is 2.07. The lowest BCUT2D eigenvalue weighted by atomic mass is 10.2. The Kier molecular flexibility index (Phi) is 2.61. The lowest BCUT2D eigenvalue weighted by molar-refractivity contribution is 0.275. The third kappa shape index (κ3) is 1.94. The van der Waals surface area contributed by atoms with Gasteiger partial charge in [0, 0.05) is 10.9 Å². The highest BCUT2D eigenvalue weighted by molar-refractivity contribution is 6.30. The van der Waals surface area contributed by atoms with E-state index >= 15 is 0 Å². The van der Waals surface area contributed by atoms with Crippen LogP contribution in [0.15, 0.2) is 24.3 Å². The van der Waals surface area contributed by atoms with E-state index in [-0.39, 0.29) is 6.61 Å².